The molecule has 0 saturated carbocycles. The van der Waals surface area contributed by atoms with Gasteiger partial charge in [0.05, 0.1) is 25.5 Å². The fourth-order valence-electron chi connectivity index (χ4n) is 3.02. The van der Waals surface area contributed by atoms with Gasteiger partial charge in [-0.05, 0) is 31.2 Å². The molecule has 4 aromatic rings. The third kappa shape index (κ3) is 4.78. The van der Waals surface area contributed by atoms with Crippen LogP contribution in [0.5, 0.6) is 5.75 Å². The Labute approximate surface area is 184 Å². The number of hydrogen-bond acceptors (Lipinski definition) is 8. The van der Waals surface area contributed by atoms with Crippen LogP contribution in [0.2, 0.25) is 0 Å². The zero-order chi connectivity index (χ0) is 21.6. The minimum atomic E-state index is -0.103. The average molecular weight is 438 g/mol. The summed E-state index contributed by atoms with van der Waals surface area (Å²) in [4.78, 5) is 0. The van der Waals surface area contributed by atoms with E-state index in [9.17, 15) is 0 Å². The summed E-state index contributed by atoms with van der Waals surface area (Å²) in [6.07, 6.45) is 0. The van der Waals surface area contributed by atoms with Gasteiger partial charge in [-0.2, -0.15) is 0 Å². The number of ether oxygens (including phenoxy) is 2. The third-order valence-corrected chi connectivity index (χ3v) is 5.74. The Morgan fingerprint density at radius 2 is 1.71 bits per heavy atom. The molecule has 1 unspecified atom stereocenters. The smallest absolute Gasteiger partial charge is 0.247 e. The Balaban J connectivity index is 1.55. The maximum atomic E-state index is 5.92. The van der Waals surface area contributed by atoms with Gasteiger partial charge >= 0.3 is 0 Å². The first-order valence-corrected chi connectivity index (χ1v) is 10.7. The lowest BCUT2D eigenvalue weighted by Gasteiger charge is -2.11. The van der Waals surface area contributed by atoms with E-state index in [-0.39, 0.29) is 5.25 Å². The molecule has 1 atom stereocenters. The molecular weight excluding hydrogens is 414 g/mol. The number of aromatic nitrogens is 5. The van der Waals surface area contributed by atoms with Crippen molar-refractivity contribution < 1.29 is 13.9 Å². The van der Waals surface area contributed by atoms with Gasteiger partial charge < -0.3 is 13.9 Å². The number of hydrogen-bond donors (Lipinski definition) is 0. The number of methoxy groups -OCH3 is 2. The van der Waals surface area contributed by atoms with E-state index in [1.54, 1.807) is 14.2 Å². The van der Waals surface area contributed by atoms with Crippen LogP contribution in [0.4, 0.5) is 0 Å². The summed E-state index contributed by atoms with van der Waals surface area (Å²) in [6.45, 7) is 3.21. The van der Waals surface area contributed by atoms with Crippen LogP contribution in [-0.4, -0.2) is 45.8 Å². The molecule has 2 heterocycles. The van der Waals surface area contributed by atoms with E-state index in [1.165, 1.54) is 11.8 Å². The molecule has 0 saturated heterocycles. The molecule has 0 aliphatic carbocycles. The van der Waals surface area contributed by atoms with Gasteiger partial charge in [0.1, 0.15) is 5.75 Å². The summed E-state index contributed by atoms with van der Waals surface area (Å²) >= 11 is 1.52. The second-order valence-corrected chi connectivity index (χ2v) is 8.06. The Morgan fingerprint density at radius 1 is 0.935 bits per heavy atom. The first-order valence-electron chi connectivity index (χ1n) is 9.81. The van der Waals surface area contributed by atoms with Crippen LogP contribution >= 0.6 is 11.8 Å². The molecule has 2 aromatic heterocycles. The quantitative estimate of drug-likeness (QED) is 0.354. The Hall–Kier alpha value is -3.17. The highest BCUT2D eigenvalue weighted by atomic mass is 32.2. The Bertz CT molecular complexity index is 1110. The van der Waals surface area contributed by atoms with Gasteiger partial charge in [-0.25, -0.2) is 0 Å². The third-order valence-electron chi connectivity index (χ3n) is 4.68. The van der Waals surface area contributed by atoms with Crippen molar-refractivity contribution in [1.29, 1.82) is 0 Å². The molecule has 8 nitrogen and oxygen atoms in total. The van der Waals surface area contributed by atoms with E-state index in [0.717, 1.165) is 27.9 Å². The predicted octanol–water partition coefficient (Wildman–Crippen LogP) is 4.50. The van der Waals surface area contributed by atoms with Crippen molar-refractivity contribution in [3.8, 4) is 28.6 Å². The number of benzene rings is 2. The molecule has 0 aliphatic rings. The van der Waals surface area contributed by atoms with Crippen molar-refractivity contribution >= 4 is 11.8 Å². The van der Waals surface area contributed by atoms with E-state index >= 15 is 0 Å². The molecule has 9 heteroatoms. The second-order valence-electron chi connectivity index (χ2n) is 6.75. The zero-order valence-electron chi connectivity index (χ0n) is 17.6. The van der Waals surface area contributed by atoms with Gasteiger partial charge in [-0.3, -0.25) is 4.57 Å². The molecule has 0 aliphatic heterocycles. The molecule has 2 aromatic carbocycles. The van der Waals surface area contributed by atoms with Gasteiger partial charge in [-0.15, -0.1) is 20.4 Å². The highest BCUT2D eigenvalue weighted by molar-refractivity contribution is 7.99. The lowest BCUT2D eigenvalue weighted by atomic mass is 10.2. The zero-order valence-corrected chi connectivity index (χ0v) is 18.4. The SMILES string of the molecule is COCCn1c(SC(C)c2nnc(-c3ccc(OC)cc3)o2)nnc1-c1ccccc1. The first kappa shape index (κ1) is 21.1. The van der Waals surface area contributed by atoms with Crippen LogP contribution in [0.15, 0.2) is 64.2 Å². The summed E-state index contributed by atoms with van der Waals surface area (Å²) in [6, 6.07) is 17.5. The maximum Gasteiger partial charge on any atom is 0.247 e. The van der Waals surface area contributed by atoms with E-state index in [1.807, 2.05) is 61.5 Å². The Kier molecular flexibility index (Phi) is 6.63. The van der Waals surface area contributed by atoms with Crippen molar-refractivity contribution in [2.75, 3.05) is 20.8 Å². The van der Waals surface area contributed by atoms with Gasteiger partial charge in [0.15, 0.2) is 11.0 Å². The van der Waals surface area contributed by atoms with Gasteiger partial charge in [0, 0.05) is 18.2 Å². The van der Waals surface area contributed by atoms with Crippen molar-refractivity contribution in [3.63, 3.8) is 0 Å². The highest BCUT2D eigenvalue weighted by Gasteiger charge is 2.21. The number of thioether (sulfide) groups is 1. The van der Waals surface area contributed by atoms with E-state index in [4.69, 9.17) is 13.9 Å². The van der Waals surface area contributed by atoms with Crippen molar-refractivity contribution in [2.45, 2.75) is 23.9 Å². The first-order chi connectivity index (χ1) is 15.2. The minimum Gasteiger partial charge on any atom is -0.497 e. The molecule has 4 rings (SSSR count). The monoisotopic (exact) mass is 437 g/mol. The molecule has 0 amide bonds. The minimum absolute atomic E-state index is 0.103. The topological polar surface area (TPSA) is 88.1 Å². The van der Waals surface area contributed by atoms with Crippen molar-refractivity contribution in [1.82, 2.24) is 25.0 Å². The van der Waals surface area contributed by atoms with E-state index in [0.29, 0.717) is 24.9 Å². The van der Waals surface area contributed by atoms with Crippen LogP contribution in [-0.2, 0) is 11.3 Å². The van der Waals surface area contributed by atoms with Gasteiger partial charge in [-0.1, -0.05) is 42.1 Å². The molecular formula is C22H23N5O3S. The predicted molar refractivity (Wildman–Crippen MR) is 118 cm³/mol. The lowest BCUT2D eigenvalue weighted by Crippen LogP contribution is -2.08. The molecule has 31 heavy (non-hydrogen) atoms. The molecule has 160 valence electrons. The summed E-state index contributed by atoms with van der Waals surface area (Å²) in [5.74, 6) is 2.57. The molecule has 0 N–H and O–H groups in total. The average Bonchev–Trinajstić information content (AvgIpc) is 3.46. The maximum absolute atomic E-state index is 5.92. The lowest BCUT2D eigenvalue weighted by molar-refractivity contribution is 0.185. The van der Waals surface area contributed by atoms with E-state index < -0.39 is 0 Å². The fourth-order valence-corrected chi connectivity index (χ4v) is 3.92. The van der Waals surface area contributed by atoms with Gasteiger partial charge in [0.2, 0.25) is 11.8 Å². The molecule has 0 spiro atoms. The van der Waals surface area contributed by atoms with Crippen LogP contribution in [0.1, 0.15) is 18.1 Å². The summed E-state index contributed by atoms with van der Waals surface area (Å²) in [5.41, 5.74) is 1.84. The summed E-state index contributed by atoms with van der Waals surface area (Å²) < 4.78 is 18.5. The number of nitrogens with zero attached hydrogens (tertiary/aromatic N) is 5. The van der Waals surface area contributed by atoms with Crippen molar-refractivity contribution in [2.24, 2.45) is 0 Å². The fraction of sp³-hybridized carbons (Fsp3) is 0.273. The van der Waals surface area contributed by atoms with Crippen LogP contribution in [0.25, 0.3) is 22.8 Å². The van der Waals surface area contributed by atoms with Gasteiger partial charge in [0.25, 0.3) is 0 Å². The summed E-state index contributed by atoms with van der Waals surface area (Å²) in [5, 5.41) is 17.9. The van der Waals surface area contributed by atoms with E-state index in [2.05, 4.69) is 25.0 Å². The van der Waals surface area contributed by atoms with Crippen LogP contribution < -0.4 is 4.74 Å². The molecule has 0 fully saturated rings. The largest absolute Gasteiger partial charge is 0.497 e. The normalized spacial score (nSPS) is 12.1. The van der Waals surface area contributed by atoms with Crippen LogP contribution in [0.3, 0.4) is 0 Å². The Morgan fingerprint density at radius 3 is 2.42 bits per heavy atom. The molecule has 0 radical (unpaired) electrons. The second kappa shape index (κ2) is 9.76. The molecule has 0 bridgehead atoms. The number of rotatable bonds is 9. The summed E-state index contributed by atoms with van der Waals surface area (Å²) in [7, 11) is 3.31. The standard InChI is InChI=1S/C22H23N5O3S/c1-15(20-24-25-21(30-20)17-9-11-18(29-3)12-10-17)31-22-26-23-19(27(22)13-14-28-2)16-7-5-4-6-8-16/h4-12,15H,13-14H2,1-3H3. The highest BCUT2D eigenvalue weighted by Crippen LogP contribution is 2.35. The van der Waals surface area contributed by atoms with Crippen LogP contribution in [0, 0.1) is 0 Å². The van der Waals surface area contributed by atoms with Crippen molar-refractivity contribution in [3.05, 3.63) is 60.5 Å².